The van der Waals surface area contributed by atoms with Crippen molar-refractivity contribution in [3.05, 3.63) is 41.2 Å². The SMILES string of the molecule is Cc1ccc(C(O)(C(C)(C)O)C(F)(F)F)cc1-c1cnc(N)c(C(=O)NC2CCOCC2)n1.O=C(O)C(F)(F)F. The zero-order valence-corrected chi connectivity index (χ0v) is 21.5. The quantitative estimate of drug-likeness (QED) is 0.333. The van der Waals surface area contributed by atoms with Gasteiger partial charge >= 0.3 is 18.3 Å². The second-order valence-corrected chi connectivity index (χ2v) is 9.45. The highest BCUT2D eigenvalue weighted by Gasteiger charge is 2.63. The maximum Gasteiger partial charge on any atom is 0.490 e. The monoisotopic (exact) mass is 582 g/mol. The first-order chi connectivity index (χ1) is 18.2. The third-order valence-electron chi connectivity index (χ3n) is 6.04. The summed E-state index contributed by atoms with van der Waals surface area (Å²) in [7, 11) is 0. The predicted molar refractivity (Wildman–Crippen MR) is 128 cm³/mol. The molecule has 10 nitrogen and oxygen atoms in total. The average molecular weight is 582 g/mol. The number of aromatic nitrogens is 2. The van der Waals surface area contributed by atoms with E-state index in [9.17, 15) is 41.4 Å². The van der Waals surface area contributed by atoms with Crippen LogP contribution in [0.3, 0.4) is 0 Å². The number of aryl methyl sites for hydroxylation is 1. The number of hydrogen-bond donors (Lipinski definition) is 5. The molecule has 1 aromatic carbocycles. The Balaban J connectivity index is 0.000000708. The Morgan fingerprint density at radius 1 is 1.07 bits per heavy atom. The minimum atomic E-state index is -5.17. The Kier molecular flexibility index (Phi) is 9.76. The summed E-state index contributed by atoms with van der Waals surface area (Å²) < 4.78 is 78.6. The number of carboxylic acids is 1. The highest BCUT2D eigenvalue weighted by atomic mass is 19.4. The molecule has 1 fully saturated rings. The Bertz CT molecular complexity index is 1210. The van der Waals surface area contributed by atoms with Crippen molar-refractivity contribution in [1.29, 1.82) is 0 Å². The molecule has 6 N–H and O–H groups in total. The molecule has 0 bridgehead atoms. The fraction of sp³-hybridized carbons (Fsp3) is 0.500. The Morgan fingerprint density at radius 2 is 1.62 bits per heavy atom. The van der Waals surface area contributed by atoms with Crippen LogP contribution in [0.15, 0.2) is 24.4 Å². The molecule has 3 rings (SSSR count). The molecule has 1 amide bonds. The number of aliphatic hydroxyl groups is 2. The van der Waals surface area contributed by atoms with Gasteiger partial charge in [-0.2, -0.15) is 26.3 Å². The van der Waals surface area contributed by atoms with Gasteiger partial charge in [0.1, 0.15) is 5.60 Å². The van der Waals surface area contributed by atoms with Gasteiger partial charge in [-0.1, -0.05) is 12.1 Å². The Morgan fingerprint density at radius 3 is 2.10 bits per heavy atom. The molecular weight excluding hydrogens is 554 g/mol. The van der Waals surface area contributed by atoms with Gasteiger partial charge in [-0.3, -0.25) is 4.79 Å². The van der Waals surface area contributed by atoms with Crippen molar-refractivity contribution in [2.45, 2.75) is 63.2 Å². The van der Waals surface area contributed by atoms with Gasteiger partial charge in [0.05, 0.1) is 11.9 Å². The van der Waals surface area contributed by atoms with E-state index in [0.29, 0.717) is 31.6 Å². The highest BCUT2D eigenvalue weighted by molar-refractivity contribution is 5.97. The number of nitrogens with zero attached hydrogens (tertiary/aromatic N) is 2. The number of aliphatic carboxylic acids is 1. The van der Waals surface area contributed by atoms with Crippen LogP contribution in [0, 0.1) is 6.92 Å². The summed E-state index contributed by atoms with van der Waals surface area (Å²) in [5.74, 6) is -3.43. The molecule has 1 saturated heterocycles. The van der Waals surface area contributed by atoms with Crippen molar-refractivity contribution in [3.8, 4) is 11.3 Å². The number of ether oxygens (including phenoxy) is 1. The van der Waals surface area contributed by atoms with Gasteiger partial charge in [0.25, 0.3) is 5.91 Å². The molecular formula is C24H28F6N4O6. The van der Waals surface area contributed by atoms with E-state index in [2.05, 4.69) is 15.3 Å². The number of hydrogen-bond acceptors (Lipinski definition) is 8. The van der Waals surface area contributed by atoms with E-state index in [1.807, 2.05) is 0 Å². The number of nitrogens with two attached hydrogens (primary N) is 1. The van der Waals surface area contributed by atoms with Crippen molar-refractivity contribution in [1.82, 2.24) is 15.3 Å². The van der Waals surface area contributed by atoms with Crippen LogP contribution in [0.4, 0.5) is 32.2 Å². The van der Waals surface area contributed by atoms with E-state index in [4.69, 9.17) is 20.4 Å². The number of carbonyl (C=O) groups excluding carboxylic acids is 1. The predicted octanol–water partition coefficient (Wildman–Crippen LogP) is 3.10. The summed E-state index contributed by atoms with van der Waals surface area (Å²) in [6.07, 6.45) is -7.75. The van der Waals surface area contributed by atoms with E-state index in [1.54, 1.807) is 6.92 Å². The highest BCUT2D eigenvalue weighted by Crippen LogP contribution is 2.47. The fourth-order valence-corrected chi connectivity index (χ4v) is 3.78. The summed E-state index contributed by atoms with van der Waals surface area (Å²) in [6, 6.07) is 3.43. The van der Waals surface area contributed by atoms with E-state index in [0.717, 1.165) is 26.0 Å². The summed E-state index contributed by atoms with van der Waals surface area (Å²) in [4.78, 5) is 29.9. The second kappa shape index (κ2) is 11.9. The first-order valence-electron chi connectivity index (χ1n) is 11.6. The molecule has 0 radical (unpaired) electrons. The van der Waals surface area contributed by atoms with Gasteiger partial charge in [0.15, 0.2) is 11.5 Å². The first kappa shape index (κ1) is 32.7. The number of halogens is 6. The van der Waals surface area contributed by atoms with Gasteiger partial charge < -0.3 is 31.1 Å². The molecule has 1 aromatic heterocycles. The lowest BCUT2D eigenvalue weighted by Crippen LogP contribution is -2.57. The van der Waals surface area contributed by atoms with Gasteiger partial charge in [0, 0.05) is 24.8 Å². The molecule has 1 aliphatic rings. The number of nitrogen functional groups attached to an aromatic ring is 1. The van der Waals surface area contributed by atoms with E-state index in [-0.39, 0.29) is 28.8 Å². The zero-order chi connectivity index (χ0) is 30.7. The number of carboxylic acid groups (broad SMARTS) is 1. The van der Waals surface area contributed by atoms with Crippen LogP contribution in [0.5, 0.6) is 0 Å². The lowest BCUT2D eigenvalue weighted by atomic mass is 9.78. The standard InChI is InChI=1S/C22H27F3N4O4.C2HF3O2/c1-12-4-5-13(21(32,20(2,3)31)22(23,24)25)10-15(12)16-11-27-18(26)17(29-16)19(30)28-14-6-8-33-9-7-14;3-2(4,5)1(6)7/h4-5,10-11,14,31-32H,6-9H2,1-3H3,(H2,26,27)(H,28,30);(H,6,7). The summed E-state index contributed by atoms with van der Waals surface area (Å²) >= 11 is 0. The Labute approximate surface area is 224 Å². The number of amides is 1. The smallest absolute Gasteiger partial charge is 0.475 e. The molecule has 222 valence electrons. The van der Waals surface area contributed by atoms with Gasteiger partial charge in [0.2, 0.25) is 5.60 Å². The van der Waals surface area contributed by atoms with Crippen molar-refractivity contribution in [2.24, 2.45) is 0 Å². The van der Waals surface area contributed by atoms with E-state index >= 15 is 0 Å². The number of nitrogens with one attached hydrogen (secondary N) is 1. The van der Waals surface area contributed by atoms with Crippen LogP contribution in [-0.4, -0.2) is 74.4 Å². The van der Waals surface area contributed by atoms with Gasteiger partial charge in [-0.15, -0.1) is 0 Å². The number of rotatable bonds is 5. The number of carbonyl (C=O) groups is 2. The van der Waals surface area contributed by atoms with Crippen molar-refractivity contribution in [2.75, 3.05) is 18.9 Å². The topological polar surface area (TPSA) is 168 Å². The molecule has 2 aromatic rings. The maximum atomic E-state index is 13.8. The summed E-state index contributed by atoms with van der Waals surface area (Å²) in [6.45, 7) is 4.42. The van der Waals surface area contributed by atoms with Crippen LogP contribution in [0.1, 0.15) is 48.3 Å². The van der Waals surface area contributed by atoms with Crippen LogP contribution in [0.2, 0.25) is 0 Å². The average Bonchev–Trinajstić information content (AvgIpc) is 2.83. The number of alkyl halides is 6. The van der Waals surface area contributed by atoms with E-state index < -0.39 is 41.0 Å². The molecule has 0 aliphatic carbocycles. The van der Waals surface area contributed by atoms with Gasteiger partial charge in [-0.05, 0) is 50.8 Å². The van der Waals surface area contributed by atoms with E-state index in [1.165, 1.54) is 12.3 Å². The first-order valence-corrected chi connectivity index (χ1v) is 11.6. The molecule has 40 heavy (non-hydrogen) atoms. The molecule has 16 heteroatoms. The van der Waals surface area contributed by atoms with Crippen LogP contribution in [0.25, 0.3) is 11.3 Å². The normalized spacial score (nSPS) is 16.4. The zero-order valence-electron chi connectivity index (χ0n) is 21.5. The molecule has 1 unspecified atom stereocenters. The van der Waals surface area contributed by atoms with Crippen LogP contribution < -0.4 is 11.1 Å². The minimum absolute atomic E-state index is 0.0981. The molecule has 1 aliphatic heterocycles. The maximum absolute atomic E-state index is 13.8. The lowest BCUT2D eigenvalue weighted by molar-refractivity contribution is -0.319. The van der Waals surface area contributed by atoms with Crippen molar-refractivity contribution < 1.29 is 56.0 Å². The lowest BCUT2D eigenvalue weighted by Gasteiger charge is -2.40. The molecule has 0 saturated carbocycles. The fourth-order valence-electron chi connectivity index (χ4n) is 3.78. The van der Waals surface area contributed by atoms with Crippen LogP contribution >= 0.6 is 0 Å². The Hall–Kier alpha value is -3.50. The third-order valence-corrected chi connectivity index (χ3v) is 6.04. The van der Waals surface area contributed by atoms with Crippen LogP contribution in [-0.2, 0) is 15.1 Å². The third kappa shape index (κ3) is 7.37. The summed E-state index contributed by atoms with van der Waals surface area (Å²) in [5, 5.41) is 30.7. The van der Waals surface area contributed by atoms with Crippen molar-refractivity contribution >= 4 is 17.7 Å². The largest absolute Gasteiger partial charge is 0.490 e. The summed E-state index contributed by atoms with van der Waals surface area (Å²) in [5.41, 5.74) is -0.155. The van der Waals surface area contributed by atoms with Crippen molar-refractivity contribution in [3.63, 3.8) is 0 Å². The second-order valence-electron chi connectivity index (χ2n) is 9.45. The molecule has 1 atom stereocenters. The number of benzene rings is 1. The minimum Gasteiger partial charge on any atom is -0.475 e. The number of anilines is 1. The molecule has 0 spiro atoms. The van der Waals surface area contributed by atoms with Gasteiger partial charge in [-0.25, -0.2) is 14.8 Å². The molecule has 2 heterocycles.